The molecule has 6 heteroatoms. The lowest BCUT2D eigenvalue weighted by molar-refractivity contribution is 0.0474. The molecular formula is C13H12BrNO3S. The van der Waals surface area contributed by atoms with Crippen LogP contribution >= 0.6 is 27.3 Å². The first-order chi connectivity index (χ1) is 9.11. The Labute approximate surface area is 123 Å². The smallest absolute Gasteiger partial charge is 0.344 e. The van der Waals surface area contributed by atoms with Gasteiger partial charge in [-0.1, -0.05) is 6.07 Å². The molecule has 0 amide bonds. The third-order valence-corrected chi connectivity index (χ3v) is 4.05. The van der Waals surface area contributed by atoms with Crippen molar-refractivity contribution in [3.63, 3.8) is 0 Å². The van der Waals surface area contributed by atoms with E-state index in [1.165, 1.54) is 18.4 Å². The fourth-order valence-electron chi connectivity index (χ4n) is 1.57. The monoisotopic (exact) mass is 341 g/mol. The van der Waals surface area contributed by atoms with Gasteiger partial charge in [-0.25, -0.2) is 4.79 Å². The minimum atomic E-state index is -0.487. The molecule has 0 aliphatic heterocycles. The Morgan fingerprint density at radius 1 is 1.37 bits per heavy atom. The van der Waals surface area contributed by atoms with Crippen LogP contribution in [0.3, 0.4) is 0 Å². The molecule has 0 aliphatic carbocycles. The van der Waals surface area contributed by atoms with Gasteiger partial charge in [-0.2, -0.15) is 0 Å². The van der Waals surface area contributed by atoms with Crippen LogP contribution in [0.25, 0.3) is 0 Å². The zero-order valence-electron chi connectivity index (χ0n) is 10.2. The van der Waals surface area contributed by atoms with Gasteiger partial charge in [-0.15, -0.1) is 11.3 Å². The second-order valence-electron chi connectivity index (χ2n) is 3.71. The van der Waals surface area contributed by atoms with E-state index in [4.69, 9.17) is 15.2 Å². The second-order valence-corrected chi connectivity index (χ2v) is 6.25. The van der Waals surface area contributed by atoms with E-state index in [0.717, 1.165) is 8.66 Å². The molecule has 1 heterocycles. The van der Waals surface area contributed by atoms with E-state index >= 15 is 0 Å². The molecule has 0 fully saturated rings. The molecule has 1 aromatic heterocycles. The van der Waals surface area contributed by atoms with Crippen LogP contribution in [0.15, 0.2) is 34.1 Å². The highest BCUT2D eigenvalue weighted by atomic mass is 79.9. The number of rotatable bonds is 4. The van der Waals surface area contributed by atoms with Gasteiger partial charge in [-0.3, -0.25) is 0 Å². The molecule has 19 heavy (non-hydrogen) atoms. The van der Waals surface area contributed by atoms with Crippen LogP contribution in [0.4, 0.5) is 5.69 Å². The molecule has 2 N–H and O–H groups in total. The number of ether oxygens (including phenoxy) is 2. The number of halogens is 1. The van der Waals surface area contributed by atoms with Crippen molar-refractivity contribution in [2.24, 2.45) is 0 Å². The number of nitrogens with two attached hydrogens (primary N) is 1. The Morgan fingerprint density at radius 3 is 2.79 bits per heavy atom. The molecule has 0 saturated carbocycles. The van der Waals surface area contributed by atoms with Gasteiger partial charge < -0.3 is 15.2 Å². The number of hydrogen-bond donors (Lipinski definition) is 1. The summed E-state index contributed by atoms with van der Waals surface area (Å²) >= 11 is 4.87. The predicted octanol–water partition coefficient (Wildman–Crippen LogP) is 3.46. The molecule has 1 aromatic carbocycles. The number of anilines is 1. The zero-order valence-corrected chi connectivity index (χ0v) is 12.6. The van der Waals surface area contributed by atoms with Crippen molar-refractivity contribution >= 4 is 38.9 Å². The molecule has 2 rings (SSSR count). The highest BCUT2D eigenvalue weighted by Crippen LogP contribution is 2.26. The highest BCUT2D eigenvalue weighted by molar-refractivity contribution is 9.11. The van der Waals surface area contributed by atoms with Crippen LogP contribution in [0.2, 0.25) is 0 Å². The van der Waals surface area contributed by atoms with Crippen molar-refractivity contribution in [2.75, 3.05) is 12.8 Å². The van der Waals surface area contributed by atoms with Crippen LogP contribution in [0, 0.1) is 0 Å². The summed E-state index contributed by atoms with van der Waals surface area (Å²) < 4.78 is 11.4. The average Bonchev–Trinajstić information content (AvgIpc) is 2.81. The fraction of sp³-hybridized carbons (Fsp3) is 0.154. The first-order valence-corrected chi connectivity index (χ1v) is 7.06. The molecule has 4 nitrogen and oxygen atoms in total. The fourth-order valence-corrected chi connectivity index (χ4v) is 2.97. The van der Waals surface area contributed by atoms with E-state index in [1.807, 2.05) is 12.1 Å². The van der Waals surface area contributed by atoms with Gasteiger partial charge >= 0.3 is 5.97 Å². The van der Waals surface area contributed by atoms with Crippen molar-refractivity contribution in [1.82, 2.24) is 0 Å². The van der Waals surface area contributed by atoms with E-state index in [-0.39, 0.29) is 12.2 Å². The largest absolute Gasteiger partial charge is 0.496 e. The minimum absolute atomic E-state index is 0.215. The highest BCUT2D eigenvalue weighted by Gasteiger charge is 2.17. The molecular weight excluding hydrogens is 330 g/mol. The minimum Gasteiger partial charge on any atom is -0.496 e. The maximum Gasteiger partial charge on any atom is 0.344 e. The van der Waals surface area contributed by atoms with Gasteiger partial charge in [0.1, 0.15) is 17.9 Å². The Morgan fingerprint density at radius 2 is 2.16 bits per heavy atom. The molecule has 100 valence electrons. The number of carbonyl (C=O) groups is 1. The number of nitrogen functional groups attached to an aromatic ring is 1. The van der Waals surface area contributed by atoms with Gasteiger partial charge in [0, 0.05) is 10.6 Å². The van der Waals surface area contributed by atoms with Crippen LogP contribution in [-0.4, -0.2) is 13.1 Å². The van der Waals surface area contributed by atoms with Crippen LogP contribution in [0.1, 0.15) is 15.2 Å². The van der Waals surface area contributed by atoms with E-state index in [9.17, 15) is 4.79 Å². The normalized spacial score (nSPS) is 10.2. The van der Waals surface area contributed by atoms with Gasteiger partial charge in [0.15, 0.2) is 0 Å². The van der Waals surface area contributed by atoms with E-state index in [0.29, 0.717) is 11.4 Å². The molecule has 0 aliphatic rings. The second kappa shape index (κ2) is 6.08. The Hall–Kier alpha value is -1.53. The van der Waals surface area contributed by atoms with Crippen molar-refractivity contribution in [3.8, 4) is 5.75 Å². The summed E-state index contributed by atoms with van der Waals surface area (Å²) in [6.07, 6.45) is 0. The molecule has 2 aromatic rings. The Bertz CT molecular complexity index is 597. The number of esters is 1. The third-order valence-electron chi connectivity index (χ3n) is 2.46. The van der Waals surface area contributed by atoms with Crippen LogP contribution < -0.4 is 10.5 Å². The van der Waals surface area contributed by atoms with Crippen molar-refractivity contribution in [3.05, 3.63) is 44.6 Å². The summed E-state index contributed by atoms with van der Waals surface area (Å²) in [5.41, 5.74) is 6.39. The molecule has 0 radical (unpaired) electrons. The van der Waals surface area contributed by atoms with E-state index < -0.39 is 5.97 Å². The topological polar surface area (TPSA) is 61.5 Å². The van der Waals surface area contributed by atoms with Gasteiger partial charge in [-0.05, 0) is 40.2 Å². The molecule has 0 bridgehead atoms. The first kappa shape index (κ1) is 13.9. The van der Waals surface area contributed by atoms with Gasteiger partial charge in [0.25, 0.3) is 0 Å². The quantitative estimate of drug-likeness (QED) is 0.683. The number of benzene rings is 1. The number of methoxy groups -OCH3 is 1. The summed E-state index contributed by atoms with van der Waals surface area (Å²) in [7, 11) is 1.49. The van der Waals surface area contributed by atoms with Crippen LogP contribution in [-0.2, 0) is 11.3 Å². The lowest BCUT2D eigenvalue weighted by atomic mass is 10.1. The lowest BCUT2D eigenvalue weighted by Crippen LogP contribution is -2.09. The third kappa shape index (κ3) is 3.27. The standard InChI is InChI=1S/C13H12BrNO3S/c1-17-10-4-2-3-9(15)12(10)13(16)18-7-8-5-6-11(14)19-8/h2-6H,7,15H2,1H3. The maximum absolute atomic E-state index is 12.0. The summed E-state index contributed by atoms with van der Waals surface area (Å²) in [6.45, 7) is 0.215. The van der Waals surface area contributed by atoms with Crippen molar-refractivity contribution in [1.29, 1.82) is 0 Å². The summed E-state index contributed by atoms with van der Waals surface area (Å²) in [4.78, 5) is 13.0. The zero-order chi connectivity index (χ0) is 13.8. The molecule has 0 spiro atoms. The number of carbonyl (C=O) groups excluding carboxylic acids is 1. The SMILES string of the molecule is COc1cccc(N)c1C(=O)OCc1ccc(Br)s1. The number of hydrogen-bond acceptors (Lipinski definition) is 5. The molecule has 0 atom stereocenters. The van der Waals surface area contributed by atoms with Crippen molar-refractivity contribution in [2.45, 2.75) is 6.61 Å². The van der Waals surface area contributed by atoms with Gasteiger partial charge in [0.05, 0.1) is 10.9 Å². The summed E-state index contributed by atoms with van der Waals surface area (Å²) in [6, 6.07) is 8.84. The summed E-state index contributed by atoms with van der Waals surface area (Å²) in [5, 5.41) is 0. The average molecular weight is 342 g/mol. The van der Waals surface area contributed by atoms with E-state index in [2.05, 4.69) is 15.9 Å². The van der Waals surface area contributed by atoms with Crippen molar-refractivity contribution < 1.29 is 14.3 Å². The lowest BCUT2D eigenvalue weighted by Gasteiger charge is -2.10. The summed E-state index contributed by atoms with van der Waals surface area (Å²) in [5.74, 6) is -0.0724. The Kier molecular flexibility index (Phi) is 4.44. The number of thiophene rings is 1. The van der Waals surface area contributed by atoms with E-state index in [1.54, 1.807) is 18.2 Å². The Balaban J connectivity index is 2.12. The van der Waals surface area contributed by atoms with Gasteiger partial charge in [0.2, 0.25) is 0 Å². The molecule has 0 saturated heterocycles. The molecule has 0 unspecified atom stereocenters. The van der Waals surface area contributed by atoms with Crippen LogP contribution in [0.5, 0.6) is 5.75 Å². The maximum atomic E-state index is 12.0. The predicted molar refractivity (Wildman–Crippen MR) is 78.5 cm³/mol. The first-order valence-electron chi connectivity index (χ1n) is 5.45.